The molecule has 120 valence electrons. The van der Waals surface area contributed by atoms with Gasteiger partial charge in [-0.15, -0.1) is 0 Å². The molecule has 5 nitrogen and oxygen atoms in total. The average Bonchev–Trinajstić information content (AvgIpc) is 2.55. The zero-order valence-corrected chi connectivity index (χ0v) is 14.1. The molecule has 2 aromatic rings. The van der Waals surface area contributed by atoms with E-state index < -0.39 is 11.7 Å². The van der Waals surface area contributed by atoms with E-state index in [-0.39, 0.29) is 5.82 Å². The quantitative estimate of drug-likeness (QED) is 0.804. The molecule has 7 heteroatoms. The first kappa shape index (κ1) is 17.0. The lowest BCUT2D eigenvalue weighted by molar-refractivity contribution is -0.111. The molecule has 1 aromatic heterocycles. The van der Waals surface area contributed by atoms with Crippen LogP contribution in [-0.2, 0) is 4.79 Å². The van der Waals surface area contributed by atoms with E-state index >= 15 is 0 Å². The minimum absolute atomic E-state index is 0.235. The molecule has 0 aliphatic carbocycles. The first-order valence-electron chi connectivity index (χ1n) is 6.55. The number of nitrogens with one attached hydrogen (secondary N) is 1. The van der Waals surface area contributed by atoms with Crippen LogP contribution in [0.4, 0.5) is 10.2 Å². The molecule has 0 bridgehead atoms. The smallest absolute Gasteiger partial charge is 0.249 e. The molecule has 1 heterocycles. The van der Waals surface area contributed by atoms with Crippen LogP contribution in [0.3, 0.4) is 0 Å². The Labute approximate surface area is 141 Å². The molecule has 0 saturated carbocycles. The summed E-state index contributed by atoms with van der Waals surface area (Å²) in [5.74, 6) is 0.588. The van der Waals surface area contributed by atoms with E-state index in [2.05, 4.69) is 26.2 Å². The van der Waals surface area contributed by atoms with Crippen molar-refractivity contribution < 1.29 is 18.7 Å². The summed E-state index contributed by atoms with van der Waals surface area (Å²) in [7, 11) is 3.10. The molecular formula is C16H14BrFN2O3. The van der Waals surface area contributed by atoms with Crippen LogP contribution >= 0.6 is 15.9 Å². The van der Waals surface area contributed by atoms with Gasteiger partial charge in [-0.2, -0.15) is 0 Å². The van der Waals surface area contributed by atoms with Crippen molar-refractivity contribution in [3.05, 3.63) is 52.4 Å². The molecule has 0 spiro atoms. The maximum Gasteiger partial charge on any atom is 0.249 e. The molecule has 1 N–H and O–H groups in total. The molecule has 0 unspecified atom stereocenters. The second-order valence-electron chi connectivity index (χ2n) is 4.41. The Hall–Kier alpha value is -2.41. The second-order valence-corrected chi connectivity index (χ2v) is 5.27. The highest BCUT2D eigenvalue weighted by Gasteiger charge is 2.07. The summed E-state index contributed by atoms with van der Waals surface area (Å²) in [5, 5.41) is 2.55. The van der Waals surface area contributed by atoms with Gasteiger partial charge in [0, 0.05) is 11.6 Å². The lowest BCUT2D eigenvalue weighted by atomic mass is 10.1. The minimum Gasteiger partial charge on any atom is -0.497 e. The van der Waals surface area contributed by atoms with E-state index in [1.165, 1.54) is 12.1 Å². The first-order valence-corrected chi connectivity index (χ1v) is 7.35. The largest absolute Gasteiger partial charge is 0.497 e. The average molecular weight is 381 g/mol. The zero-order valence-electron chi connectivity index (χ0n) is 12.5. The highest BCUT2D eigenvalue weighted by molar-refractivity contribution is 9.10. The maximum absolute atomic E-state index is 13.0. The molecule has 2 rings (SSSR count). The fourth-order valence-corrected chi connectivity index (χ4v) is 2.22. The molecule has 0 atom stereocenters. The third-order valence-corrected chi connectivity index (χ3v) is 3.51. The topological polar surface area (TPSA) is 60.5 Å². The highest BCUT2D eigenvalue weighted by Crippen LogP contribution is 2.25. The van der Waals surface area contributed by atoms with Gasteiger partial charge < -0.3 is 14.8 Å². The number of rotatable bonds is 5. The normalized spacial score (nSPS) is 10.6. The van der Waals surface area contributed by atoms with Crippen LogP contribution in [0.15, 0.2) is 41.0 Å². The van der Waals surface area contributed by atoms with E-state index in [4.69, 9.17) is 9.47 Å². The van der Waals surface area contributed by atoms with Crippen molar-refractivity contribution in [1.82, 2.24) is 4.98 Å². The second kappa shape index (κ2) is 7.73. The number of ether oxygens (including phenoxy) is 2. The van der Waals surface area contributed by atoms with Gasteiger partial charge in [-0.25, -0.2) is 9.37 Å². The van der Waals surface area contributed by atoms with Crippen LogP contribution < -0.4 is 14.8 Å². The van der Waals surface area contributed by atoms with E-state index in [1.807, 2.05) is 0 Å². The number of hydrogen-bond donors (Lipinski definition) is 1. The van der Waals surface area contributed by atoms with Gasteiger partial charge in [0.05, 0.1) is 24.9 Å². The Kier molecular flexibility index (Phi) is 5.70. The van der Waals surface area contributed by atoms with Gasteiger partial charge >= 0.3 is 0 Å². The van der Waals surface area contributed by atoms with Crippen molar-refractivity contribution in [3.8, 4) is 11.5 Å². The Morgan fingerprint density at radius 3 is 2.74 bits per heavy atom. The van der Waals surface area contributed by atoms with Gasteiger partial charge in [-0.3, -0.25) is 4.79 Å². The molecule has 1 aromatic carbocycles. The lowest BCUT2D eigenvalue weighted by Crippen LogP contribution is -2.10. The van der Waals surface area contributed by atoms with Gasteiger partial charge in [0.1, 0.15) is 23.1 Å². The predicted octanol–water partition coefficient (Wildman–Crippen LogP) is 3.65. The summed E-state index contributed by atoms with van der Waals surface area (Å²) in [5.41, 5.74) is 0.688. The number of carbonyl (C=O) groups is 1. The highest BCUT2D eigenvalue weighted by atomic mass is 79.9. The van der Waals surface area contributed by atoms with E-state index in [0.717, 1.165) is 6.20 Å². The number of benzene rings is 1. The van der Waals surface area contributed by atoms with E-state index in [9.17, 15) is 9.18 Å². The summed E-state index contributed by atoms with van der Waals surface area (Å²) in [4.78, 5) is 15.8. The minimum atomic E-state index is -0.494. The monoisotopic (exact) mass is 380 g/mol. The standard InChI is InChI=1S/C16H14BrFN2O3/c1-22-12-4-5-14(23-2)10(7-12)3-6-15(21)20-16-13(17)8-11(18)9-19-16/h3-9H,1-2H3,(H,19,20,21)/b6-3+. The van der Waals surface area contributed by atoms with E-state index in [1.54, 1.807) is 38.5 Å². The molecule has 1 amide bonds. The third-order valence-electron chi connectivity index (χ3n) is 2.90. The Morgan fingerprint density at radius 1 is 1.30 bits per heavy atom. The summed E-state index contributed by atoms with van der Waals surface area (Å²) in [6, 6.07) is 6.47. The summed E-state index contributed by atoms with van der Waals surface area (Å²) >= 11 is 3.14. The van der Waals surface area contributed by atoms with Crippen molar-refractivity contribution in [3.63, 3.8) is 0 Å². The molecule has 0 fully saturated rings. The van der Waals surface area contributed by atoms with Crippen molar-refractivity contribution >= 4 is 33.7 Å². The summed E-state index contributed by atoms with van der Waals surface area (Å²) in [6.45, 7) is 0. The van der Waals surface area contributed by atoms with Crippen LogP contribution in [-0.4, -0.2) is 25.1 Å². The molecule has 0 radical (unpaired) electrons. The SMILES string of the molecule is COc1ccc(OC)c(/C=C/C(=O)Nc2ncc(F)cc2Br)c1. The Balaban J connectivity index is 2.14. The van der Waals surface area contributed by atoms with Gasteiger partial charge in [-0.1, -0.05) is 0 Å². The number of nitrogens with zero attached hydrogens (tertiary/aromatic N) is 1. The Bertz CT molecular complexity index is 750. The van der Waals surface area contributed by atoms with Crippen molar-refractivity contribution in [2.75, 3.05) is 19.5 Å². The molecule has 0 aliphatic rings. The molecule has 0 aliphatic heterocycles. The Morgan fingerprint density at radius 2 is 2.09 bits per heavy atom. The van der Waals surface area contributed by atoms with Gasteiger partial charge in [0.15, 0.2) is 0 Å². The summed E-state index contributed by atoms with van der Waals surface area (Å²) in [6.07, 6.45) is 3.94. The van der Waals surface area contributed by atoms with E-state index in [0.29, 0.717) is 21.5 Å². The fraction of sp³-hybridized carbons (Fsp3) is 0.125. The number of methoxy groups -OCH3 is 2. The van der Waals surface area contributed by atoms with Crippen LogP contribution in [0.1, 0.15) is 5.56 Å². The predicted molar refractivity (Wildman–Crippen MR) is 89.1 cm³/mol. The number of halogens is 2. The molecule has 23 heavy (non-hydrogen) atoms. The number of anilines is 1. The number of amides is 1. The lowest BCUT2D eigenvalue weighted by Gasteiger charge is -2.07. The van der Waals surface area contributed by atoms with Crippen LogP contribution in [0.2, 0.25) is 0 Å². The van der Waals surface area contributed by atoms with Gasteiger partial charge in [-0.05, 0) is 46.3 Å². The van der Waals surface area contributed by atoms with Crippen LogP contribution in [0.5, 0.6) is 11.5 Å². The zero-order chi connectivity index (χ0) is 16.8. The van der Waals surface area contributed by atoms with Crippen molar-refractivity contribution in [2.24, 2.45) is 0 Å². The first-order chi connectivity index (χ1) is 11.0. The number of hydrogen-bond acceptors (Lipinski definition) is 4. The van der Waals surface area contributed by atoms with Crippen LogP contribution in [0.25, 0.3) is 6.08 Å². The van der Waals surface area contributed by atoms with Gasteiger partial charge in [0.25, 0.3) is 0 Å². The maximum atomic E-state index is 13.0. The third kappa shape index (κ3) is 4.53. The number of pyridine rings is 1. The van der Waals surface area contributed by atoms with Crippen LogP contribution in [0, 0.1) is 5.82 Å². The molecular weight excluding hydrogens is 367 g/mol. The van der Waals surface area contributed by atoms with Crippen molar-refractivity contribution in [1.29, 1.82) is 0 Å². The van der Waals surface area contributed by atoms with Gasteiger partial charge in [0.2, 0.25) is 5.91 Å². The number of carbonyl (C=O) groups excluding carboxylic acids is 1. The number of aromatic nitrogens is 1. The van der Waals surface area contributed by atoms with Crippen molar-refractivity contribution in [2.45, 2.75) is 0 Å². The fourth-order valence-electron chi connectivity index (χ4n) is 1.80. The summed E-state index contributed by atoms with van der Waals surface area (Å²) < 4.78 is 23.7. The molecule has 0 saturated heterocycles.